The van der Waals surface area contributed by atoms with Crippen molar-refractivity contribution in [3.05, 3.63) is 63.5 Å². The van der Waals surface area contributed by atoms with Gasteiger partial charge in [0.05, 0.1) is 20.9 Å². The van der Waals surface area contributed by atoms with Crippen LogP contribution in [0.15, 0.2) is 46.9 Å². The molecule has 0 bridgehead atoms. The zero-order chi connectivity index (χ0) is 18.6. The quantitative estimate of drug-likeness (QED) is 0.463. The highest BCUT2D eigenvalue weighted by Crippen LogP contribution is 2.32. The highest BCUT2D eigenvalue weighted by Gasteiger charge is 2.18. The van der Waals surface area contributed by atoms with Gasteiger partial charge in [0, 0.05) is 17.2 Å². The Kier molecular flexibility index (Phi) is 5.74. The van der Waals surface area contributed by atoms with Gasteiger partial charge in [-0.3, -0.25) is 4.79 Å². The number of aromatic amines is 1. The van der Waals surface area contributed by atoms with E-state index in [9.17, 15) is 4.79 Å². The third-order valence-electron chi connectivity index (χ3n) is 4.92. The van der Waals surface area contributed by atoms with Crippen LogP contribution >= 0.6 is 23.1 Å². The molecule has 0 saturated heterocycles. The first-order chi connectivity index (χ1) is 13.2. The Hall–Kier alpha value is -1.92. The SMILES string of the molecule is C=CCc1c(Cc2nc3ccccc3s2)nc(SC2CCCCC2)[nH]c1=O. The van der Waals surface area contributed by atoms with Crippen LogP contribution in [0.25, 0.3) is 10.2 Å². The van der Waals surface area contributed by atoms with Crippen molar-refractivity contribution < 1.29 is 0 Å². The van der Waals surface area contributed by atoms with E-state index in [1.54, 1.807) is 29.2 Å². The number of hydrogen-bond donors (Lipinski definition) is 1. The molecule has 140 valence electrons. The molecule has 4 rings (SSSR count). The predicted molar refractivity (Wildman–Crippen MR) is 114 cm³/mol. The monoisotopic (exact) mass is 397 g/mol. The number of nitrogens with one attached hydrogen (secondary N) is 1. The second kappa shape index (κ2) is 8.40. The highest BCUT2D eigenvalue weighted by atomic mass is 32.2. The van der Waals surface area contributed by atoms with Gasteiger partial charge in [-0.25, -0.2) is 9.97 Å². The van der Waals surface area contributed by atoms with Gasteiger partial charge in [0.1, 0.15) is 0 Å². The normalized spacial score (nSPS) is 15.3. The molecular weight excluding hydrogens is 374 g/mol. The zero-order valence-corrected chi connectivity index (χ0v) is 16.9. The molecule has 0 spiro atoms. The van der Waals surface area contributed by atoms with Crippen LogP contribution in [0.3, 0.4) is 0 Å². The maximum Gasteiger partial charge on any atom is 0.255 e. The maximum absolute atomic E-state index is 12.7. The molecule has 2 aromatic heterocycles. The first kappa shape index (κ1) is 18.4. The minimum atomic E-state index is -0.0423. The molecule has 6 heteroatoms. The minimum Gasteiger partial charge on any atom is -0.301 e. The number of thiazole rings is 1. The lowest BCUT2D eigenvalue weighted by Gasteiger charge is -2.20. The molecule has 0 amide bonds. The lowest BCUT2D eigenvalue weighted by molar-refractivity contribution is 0.515. The van der Waals surface area contributed by atoms with Crippen LogP contribution in [0, 0.1) is 0 Å². The Morgan fingerprint density at radius 1 is 1.22 bits per heavy atom. The van der Waals surface area contributed by atoms with Crippen molar-refractivity contribution in [1.29, 1.82) is 0 Å². The molecule has 1 aromatic carbocycles. The highest BCUT2D eigenvalue weighted by molar-refractivity contribution is 7.99. The van der Waals surface area contributed by atoms with Crippen molar-refractivity contribution in [2.24, 2.45) is 0 Å². The van der Waals surface area contributed by atoms with Crippen molar-refractivity contribution in [2.75, 3.05) is 0 Å². The van der Waals surface area contributed by atoms with E-state index in [0.717, 1.165) is 21.4 Å². The van der Waals surface area contributed by atoms with Gasteiger partial charge in [-0.2, -0.15) is 0 Å². The van der Waals surface area contributed by atoms with Gasteiger partial charge in [0.2, 0.25) is 0 Å². The third kappa shape index (κ3) is 4.33. The van der Waals surface area contributed by atoms with Crippen molar-refractivity contribution in [3.63, 3.8) is 0 Å². The average molecular weight is 398 g/mol. The maximum atomic E-state index is 12.7. The number of thioether (sulfide) groups is 1. The summed E-state index contributed by atoms with van der Waals surface area (Å²) in [7, 11) is 0. The molecule has 1 N–H and O–H groups in total. The summed E-state index contributed by atoms with van der Waals surface area (Å²) in [6, 6.07) is 8.13. The van der Waals surface area contributed by atoms with Gasteiger partial charge in [0.15, 0.2) is 5.16 Å². The molecular formula is C21H23N3OS2. The Bertz CT molecular complexity index is 969. The van der Waals surface area contributed by atoms with Crippen LogP contribution in [0.1, 0.15) is 48.4 Å². The number of H-pyrrole nitrogens is 1. The first-order valence-corrected chi connectivity index (χ1v) is 11.2. The summed E-state index contributed by atoms with van der Waals surface area (Å²) in [5, 5.41) is 2.30. The topological polar surface area (TPSA) is 58.6 Å². The van der Waals surface area contributed by atoms with E-state index in [-0.39, 0.29) is 5.56 Å². The van der Waals surface area contributed by atoms with E-state index in [1.165, 1.54) is 36.8 Å². The largest absolute Gasteiger partial charge is 0.301 e. The molecule has 3 aromatic rings. The van der Waals surface area contributed by atoms with Crippen LogP contribution in [-0.2, 0) is 12.8 Å². The van der Waals surface area contributed by atoms with Gasteiger partial charge in [-0.1, -0.05) is 49.2 Å². The van der Waals surface area contributed by atoms with E-state index in [4.69, 9.17) is 9.97 Å². The van der Waals surface area contributed by atoms with Gasteiger partial charge < -0.3 is 4.98 Å². The molecule has 1 saturated carbocycles. The number of para-hydroxylation sites is 1. The van der Waals surface area contributed by atoms with Crippen molar-refractivity contribution in [2.45, 2.75) is 55.4 Å². The molecule has 2 heterocycles. The fourth-order valence-corrected chi connectivity index (χ4v) is 5.73. The summed E-state index contributed by atoms with van der Waals surface area (Å²) in [5.74, 6) is 0. The molecule has 0 radical (unpaired) electrons. The summed E-state index contributed by atoms with van der Waals surface area (Å²) >= 11 is 3.40. The Morgan fingerprint density at radius 2 is 2.04 bits per heavy atom. The van der Waals surface area contributed by atoms with Crippen LogP contribution in [-0.4, -0.2) is 20.2 Å². The van der Waals surface area contributed by atoms with E-state index in [1.807, 2.05) is 18.2 Å². The van der Waals surface area contributed by atoms with Crippen molar-refractivity contribution in [1.82, 2.24) is 15.0 Å². The fourth-order valence-electron chi connectivity index (χ4n) is 3.56. The average Bonchev–Trinajstić information content (AvgIpc) is 3.08. The van der Waals surface area contributed by atoms with E-state index in [2.05, 4.69) is 17.6 Å². The van der Waals surface area contributed by atoms with Crippen LogP contribution in [0.2, 0.25) is 0 Å². The summed E-state index contributed by atoms with van der Waals surface area (Å²) in [6.45, 7) is 3.80. The van der Waals surface area contributed by atoms with Crippen LogP contribution < -0.4 is 5.56 Å². The molecule has 1 fully saturated rings. The second-order valence-corrected chi connectivity index (χ2v) is 9.32. The van der Waals surface area contributed by atoms with E-state index >= 15 is 0 Å². The standard InChI is InChI=1S/C21H23N3OS2/c1-2-8-15-17(13-19-22-16-11-6-7-12-18(16)27-19)23-21(24-20(15)25)26-14-9-4-3-5-10-14/h2,6-7,11-12,14H,1,3-5,8-10,13H2,(H,23,24,25). The summed E-state index contributed by atoms with van der Waals surface area (Å²) < 4.78 is 1.17. The second-order valence-electron chi connectivity index (χ2n) is 6.92. The fraction of sp³-hybridized carbons (Fsp3) is 0.381. The summed E-state index contributed by atoms with van der Waals surface area (Å²) in [4.78, 5) is 25.2. The zero-order valence-electron chi connectivity index (χ0n) is 15.2. The number of aromatic nitrogens is 3. The van der Waals surface area contributed by atoms with Gasteiger partial charge in [0.25, 0.3) is 5.56 Å². The van der Waals surface area contributed by atoms with Gasteiger partial charge in [-0.15, -0.1) is 17.9 Å². The van der Waals surface area contributed by atoms with E-state index < -0.39 is 0 Å². The van der Waals surface area contributed by atoms with Gasteiger partial charge >= 0.3 is 0 Å². The molecule has 1 aliphatic carbocycles. The molecule has 0 atom stereocenters. The lowest BCUT2D eigenvalue weighted by Crippen LogP contribution is -2.20. The summed E-state index contributed by atoms with van der Waals surface area (Å²) in [5.41, 5.74) is 2.50. The molecule has 0 unspecified atom stereocenters. The molecule has 27 heavy (non-hydrogen) atoms. The van der Waals surface area contributed by atoms with Crippen molar-refractivity contribution >= 4 is 33.3 Å². The predicted octanol–water partition coefficient (Wildman–Crippen LogP) is 5.12. The number of rotatable bonds is 6. The molecule has 0 aliphatic heterocycles. The third-order valence-corrected chi connectivity index (χ3v) is 7.17. The van der Waals surface area contributed by atoms with Crippen LogP contribution in [0.4, 0.5) is 0 Å². The molecule has 1 aliphatic rings. The van der Waals surface area contributed by atoms with Gasteiger partial charge in [-0.05, 0) is 31.4 Å². The van der Waals surface area contributed by atoms with E-state index in [0.29, 0.717) is 23.7 Å². The van der Waals surface area contributed by atoms with Crippen LogP contribution in [0.5, 0.6) is 0 Å². The first-order valence-electron chi connectivity index (χ1n) is 9.47. The number of hydrogen-bond acceptors (Lipinski definition) is 5. The Labute approximate surface area is 167 Å². The Balaban J connectivity index is 1.65. The Morgan fingerprint density at radius 3 is 2.81 bits per heavy atom. The number of allylic oxidation sites excluding steroid dienone is 1. The lowest BCUT2D eigenvalue weighted by atomic mass is 10.0. The number of fused-ring (bicyclic) bond motifs is 1. The smallest absolute Gasteiger partial charge is 0.255 e. The minimum absolute atomic E-state index is 0.0423. The number of benzene rings is 1. The molecule has 4 nitrogen and oxygen atoms in total. The summed E-state index contributed by atoms with van der Waals surface area (Å²) in [6.07, 6.45) is 9.15. The number of nitrogens with zero attached hydrogens (tertiary/aromatic N) is 2. The van der Waals surface area contributed by atoms with Crippen molar-refractivity contribution in [3.8, 4) is 0 Å².